The van der Waals surface area contributed by atoms with Gasteiger partial charge in [-0.3, -0.25) is 9.63 Å². The second kappa shape index (κ2) is 4.72. The molecule has 14 heavy (non-hydrogen) atoms. The van der Waals surface area contributed by atoms with Gasteiger partial charge < -0.3 is 0 Å². The van der Waals surface area contributed by atoms with E-state index in [1.54, 1.807) is 6.07 Å². The lowest BCUT2D eigenvalue weighted by Crippen LogP contribution is -2.26. The quantitative estimate of drug-likeness (QED) is 0.615. The van der Waals surface area contributed by atoms with Crippen molar-refractivity contribution in [1.29, 1.82) is 0 Å². The van der Waals surface area contributed by atoms with E-state index >= 15 is 0 Å². The second-order valence-electron chi connectivity index (χ2n) is 2.48. The number of pyridine rings is 1. The average Bonchev–Trinajstić information content (AvgIpc) is 2.14. The molecule has 0 unspecified atom stereocenters. The summed E-state index contributed by atoms with van der Waals surface area (Å²) in [5.41, 5.74) is 0.230. The number of hydroxylamine groups is 2. The number of amides is 1. The van der Waals surface area contributed by atoms with E-state index in [1.807, 2.05) is 0 Å². The Morgan fingerprint density at radius 1 is 1.64 bits per heavy atom. The van der Waals surface area contributed by atoms with Crippen LogP contribution in [0.3, 0.4) is 0 Å². The van der Waals surface area contributed by atoms with Crippen molar-refractivity contribution in [2.24, 2.45) is 0 Å². The lowest BCUT2D eigenvalue weighted by atomic mass is 10.3. The van der Waals surface area contributed by atoms with E-state index in [0.717, 1.165) is 5.06 Å². The summed E-state index contributed by atoms with van der Waals surface area (Å²) in [6, 6.07) is 3.08. The van der Waals surface area contributed by atoms with E-state index < -0.39 is 0 Å². The van der Waals surface area contributed by atoms with E-state index in [9.17, 15) is 4.79 Å². The first-order valence-corrected chi connectivity index (χ1v) is 4.87. The fraction of sp³-hybridized carbons (Fsp3) is 0.250. The third kappa shape index (κ3) is 2.67. The maximum atomic E-state index is 11.5. The van der Waals surface area contributed by atoms with Crippen LogP contribution in [0.25, 0.3) is 0 Å². The Bertz CT molecular complexity index is 339. The molecule has 1 amide bonds. The standard InChI is InChI=1S/C8H8BrClN2O2/c1-12(14-2)8(13)6-3-5(10)4-7(9)11-6/h3-4H,1-2H3. The highest BCUT2D eigenvalue weighted by atomic mass is 79.9. The summed E-state index contributed by atoms with van der Waals surface area (Å²) in [6.07, 6.45) is 0. The number of carbonyl (C=O) groups excluding carboxylic acids is 1. The summed E-state index contributed by atoms with van der Waals surface area (Å²) in [5.74, 6) is -0.351. The van der Waals surface area contributed by atoms with E-state index in [1.165, 1.54) is 20.2 Å². The molecule has 6 heteroatoms. The molecule has 0 saturated heterocycles. The molecule has 1 rings (SSSR count). The fourth-order valence-corrected chi connectivity index (χ4v) is 1.60. The number of halogens is 2. The second-order valence-corrected chi connectivity index (χ2v) is 3.73. The normalized spacial score (nSPS) is 10.0. The van der Waals surface area contributed by atoms with Crippen LogP contribution < -0.4 is 0 Å². The van der Waals surface area contributed by atoms with Crippen LogP contribution in [0.4, 0.5) is 0 Å². The molecule has 0 fully saturated rings. The summed E-state index contributed by atoms with van der Waals surface area (Å²) >= 11 is 8.91. The summed E-state index contributed by atoms with van der Waals surface area (Å²) in [6.45, 7) is 0. The molecular weight excluding hydrogens is 271 g/mol. The van der Waals surface area contributed by atoms with Gasteiger partial charge in [0.05, 0.1) is 7.11 Å². The minimum atomic E-state index is -0.351. The average molecular weight is 280 g/mol. The number of rotatable bonds is 2. The minimum absolute atomic E-state index is 0.230. The molecule has 0 aliphatic rings. The summed E-state index contributed by atoms with van der Waals surface area (Å²) in [4.78, 5) is 20.2. The van der Waals surface area contributed by atoms with E-state index in [4.69, 9.17) is 16.4 Å². The molecule has 76 valence electrons. The van der Waals surface area contributed by atoms with Crippen LogP contribution in [-0.2, 0) is 4.84 Å². The third-order valence-corrected chi connectivity index (χ3v) is 2.16. The first-order chi connectivity index (χ1) is 6.54. The van der Waals surface area contributed by atoms with Crippen LogP contribution in [0.5, 0.6) is 0 Å². The molecule has 0 bridgehead atoms. The fourth-order valence-electron chi connectivity index (χ4n) is 0.819. The van der Waals surface area contributed by atoms with Gasteiger partial charge in [0.1, 0.15) is 10.3 Å². The summed E-state index contributed by atoms with van der Waals surface area (Å²) < 4.78 is 0.512. The zero-order valence-electron chi connectivity index (χ0n) is 7.62. The van der Waals surface area contributed by atoms with Crippen molar-refractivity contribution in [3.05, 3.63) is 27.5 Å². The molecule has 1 aromatic heterocycles. The van der Waals surface area contributed by atoms with Crippen LogP contribution in [0, 0.1) is 0 Å². The predicted octanol–water partition coefficient (Wildman–Crippen LogP) is 2.13. The van der Waals surface area contributed by atoms with Gasteiger partial charge in [-0.05, 0) is 28.1 Å². The van der Waals surface area contributed by atoms with Crippen LogP contribution in [0.1, 0.15) is 10.5 Å². The van der Waals surface area contributed by atoms with Gasteiger partial charge in [0.2, 0.25) is 0 Å². The van der Waals surface area contributed by atoms with Gasteiger partial charge >= 0.3 is 0 Å². The Balaban J connectivity index is 3.01. The van der Waals surface area contributed by atoms with Crippen LogP contribution in [0.2, 0.25) is 5.02 Å². The zero-order valence-corrected chi connectivity index (χ0v) is 9.96. The van der Waals surface area contributed by atoms with Gasteiger partial charge in [-0.25, -0.2) is 10.0 Å². The first-order valence-electron chi connectivity index (χ1n) is 3.70. The molecular formula is C8H8BrClN2O2. The zero-order chi connectivity index (χ0) is 10.7. The monoisotopic (exact) mass is 278 g/mol. The van der Waals surface area contributed by atoms with Gasteiger partial charge in [0.15, 0.2) is 0 Å². The molecule has 4 nitrogen and oxygen atoms in total. The maximum absolute atomic E-state index is 11.5. The van der Waals surface area contributed by atoms with Crippen molar-refractivity contribution in [2.75, 3.05) is 14.2 Å². The SMILES string of the molecule is CON(C)C(=O)c1cc(Cl)cc(Br)n1. The lowest BCUT2D eigenvalue weighted by molar-refractivity contribution is -0.0760. The Morgan fingerprint density at radius 2 is 2.29 bits per heavy atom. The molecule has 0 saturated carbocycles. The number of hydrogen-bond acceptors (Lipinski definition) is 3. The van der Waals surface area contributed by atoms with E-state index in [-0.39, 0.29) is 11.6 Å². The van der Waals surface area contributed by atoms with Gasteiger partial charge in [-0.2, -0.15) is 0 Å². The number of carbonyl (C=O) groups is 1. The van der Waals surface area contributed by atoms with E-state index in [0.29, 0.717) is 9.63 Å². The van der Waals surface area contributed by atoms with Crippen molar-refractivity contribution < 1.29 is 9.63 Å². The minimum Gasteiger partial charge on any atom is -0.274 e. The lowest BCUT2D eigenvalue weighted by Gasteiger charge is -2.12. The molecule has 0 atom stereocenters. The molecule has 0 radical (unpaired) electrons. The number of aromatic nitrogens is 1. The van der Waals surface area contributed by atoms with Crippen LogP contribution >= 0.6 is 27.5 Å². The summed E-state index contributed by atoms with van der Waals surface area (Å²) in [7, 11) is 2.90. The highest BCUT2D eigenvalue weighted by Gasteiger charge is 2.13. The molecule has 0 aromatic carbocycles. The van der Waals surface area contributed by atoms with Gasteiger partial charge in [-0.1, -0.05) is 11.6 Å². The molecule has 1 heterocycles. The Hall–Kier alpha value is -0.650. The Labute approximate surface area is 94.9 Å². The highest BCUT2D eigenvalue weighted by molar-refractivity contribution is 9.10. The van der Waals surface area contributed by atoms with Gasteiger partial charge in [0.25, 0.3) is 5.91 Å². The van der Waals surface area contributed by atoms with Crippen molar-refractivity contribution in [3.8, 4) is 0 Å². The first kappa shape index (κ1) is 11.4. The van der Waals surface area contributed by atoms with Crippen LogP contribution in [0.15, 0.2) is 16.7 Å². The van der Waals surface area contributed by atoms with E-state index in [2.05, 4.69) is 20.9 Å². The molecule has 1 aromatic rings. The molecule has 0 spiro atoms. The Morgan fingerprint density at radius 3 is 2.79 bits per heavy atom. The highest BCUT2D eigenvalue weighted by Crippen LogP contribution is 2.16. The van der Waals surface area contributed by atoms with Gasteiger partial charge in [-0.15, -0.1) is 0 Å². The molecule has 0 aliphatic carbocycles. The smallest absolute Gasteiger partial charge is 0.274 e. The Kier molecular flexibility index (Phi) is 3.86. The van der Waals surface area contributed by atoms with Crippen molar-refractivity contribution in [3.63, 3.8) is 0 Å². The third-order valence-electron chi connectivity index (χ3n) is 1.54. The predicted molar refractivity (Wildman–Crippen MR) is 56.0 cm³/mol. The van der Waals surface area contributed by atoms with Crippen molar-refractivity contribution in [1.82, 2.24) is 10.0 Å². The topological polar surface area (TPSA) is 42.4 Å². The van der Waals surface area contributed by atoms with Crippen LogP contribution in [-0.4, -0.2) is 30.1 Å². The number of hydrogen-bond donors (Lipinski definition) is 0. The largest absolute Gasteiger partial charge is 0.295 e. The number of nitrogens with zero attached hydrogens (tertiary/aromatic N) is 2. The maximum Gasteiger partial charge on any atom is 0.295 e. The van der Waals surface area contributed by atoms with Gasteiger partial charge in [0, 0.05) is 12.1 Å². The summed E-state index contributed by atoms with van der Waals surface area (Å²) in [5, 5.41) is 1.52. The molecule has 0 aliphatic heterocycles. The van der Waals surface area contributed by atoms with Crippen molar-refractivity contribution >= 4 is 33.4 Å². The van der Waals surface area contributed by atoms with Crippen molar-refractivity contribution in [2.45, 2.75) is 0 Å². The molecule has 0 N–H and O–H groups in total.